The Labute approximate surface area is 95.8 Å². The van der Waals surface area contributed by atoms with Gasteiger partial charge in [-0.3, -0.25) is 0 Å². The number of rotatable bonds is 2. The Bertz CT molecular complexity index is 338. The van der Waals surface area contributed by atoms with Crippen LogP contribution >= 0.6 is 0 Å². The molecule has 2 N–H and O–H groups in total. The lowest BCUT2D eigenvalue weighted by Gasteiger charge is -2.21. The van der Waals surface area contributed by atoms with Crippen LogP contribution in [0.15, 0.2) is 10.7 Å². The van der Waals surface area contributed by atoms with E-state index < -0.39 is 0 Å². The molecule has 0 aromatic carbocycles. The molecular weight excluding hydrogens is 202 g/mol. The average molecular weight is 221 g/mol. The molecular formula is C12H19N3O. The van der Waals surface area contributed by atoms with E-state index in [2.05, 4.69) is 15.6 Å². The minimum absolute atomic E-state index is 0.345. The van der Waals surface area contributed by atoms with E-state index in [-0.39, 0.29) is 0 Å². The quantitative estimate of drug-likeness (QED) is 0.801. The Hall–Kier alpha value is -0.870. The van der Waals surface area contributed by atoms with Gasteiger partial charge in [-0.15, -0.1) is 0 Å². The van der Waals surface area contributed by atoms with Crippen LogP contribution in [-0.4, -0.2) is 18.1 Å². The molecule has 3 rings (SSSR count). The second-order valence-corrected chi connectivity index (χ2v) is 4.76. The first-order valence-electron chi connectivity index (χ1n) is 6.35. The summed E-state index contributed by atoms with van der Waals surface area (Å²) in [6.07, 6.45) is 7.97. The summed E-state index contributed by atoms with van der Waals surface area (Å²) in [5.74, 6) is 0.875. The minimum atomic E-state index is 0.345. The van der Waals surface area contributed by atoms with Gasteiger partial charge in [0.25, 0.3) is 0 Å². The van der Waals surface area contributed by atoms with Crippen molar-refractivity contribution in [3.8, 4) is 0 Å². The molecule has 0 bridgehead atoms. The predicted octanol–water partition coefficient (Wildman–Crippen LogP) is 1.91. The fourth-order valence-corrected chi connectivity index (χ4v) is 2.62. The van der Waals surface area contributed by atoms with Crippen molar-refractivity contribution in [1.82, 2.24) is 15.6 Å². The molecule has 2 atom stereocenters. The maximum absolute atomic E-state index is 5.59. The molecule has 1 aromatic heterocycles. The third-order valence-electron chi connectivity index (χ3n) is 3.57. The summed E-state index contributed by atoms with van der Waals surface area (Å²) in [7, 11) is 0. The largest absolute Gasteiger partial charge is 0.447 e. The highest BCUT2D eigenvalue weighted by molar-refractivity contribution is 5.07. The summed E-state index contributed by atoms with van der Waals surface area (Å²) in [6.45, 7) is 2.19. The number of nitrogens with one attached hydrogen (secondary N) is 2. The van der Waals surface area contributed by atoms with E-state index in [9.17, 15) is 0 Å². The van der Waals surface area contributed by atoms with Crippen LogP contribution in [0, 0.1) is 0 Å². The topological polar surface area (TPSA) is 50.1 Å². The van der Waals surface area contributed by atoms with Gasteiger partial charge in [-0.25, -0.2) is 4.98 Å². The van der Waals surface area contributed by atoms with Gasteiger partial charge in [-0.1, -0.05) is 6.42 Å². The standard InChI is InChI=1S/C12H19N3O/c1-2-6-13-9(4-1)11-8-16-12(15-11)10-5-3-7-14-10/h8-10,13-14H,1-7H2. The van der Waals surface area contributed by atoms with Crippen molar-refractivity contribution in [2.45, 2.75) is 44.2 Å². The molecule has 0 aliphatic carbocycles. The highest BCUT2D eigenvalue weighted by atomic mass is 16.3. The van der Waals surface area contributed by atoms with Crippen LogP contribution in [0.5, 0.6) is 0 Å². The lowest BCUT2D eigenvalue weighted by molar-refractivity contribution is 0.404. The number of piperidine rings is 1. The molecule has 0 saturated carbocycles. The first-order valence-corrected chi connectivity index (χ1v) is 6.35. The molecule has 1 aromatic rings. The highest BCUT2D eigenvalue weighted by Gasteiger charge is 2.24. The van der Waals surface area contributed by atoms with Crippen LogP contribution in [0.3, 0.4) is 0 Å². The van der Waals surface area contributed by atoms with E-state index in [1.165, 1.54) is 25.7 Å². The molecule has 88 valence electrons. The number of hydrogen-bond donors (Lipinski definition) is 2. The first kappa shape index (κ1) is 10.3. The van der Waals surface area contributed by atoms with Crippen LogP contribution in [0.1, 0.15) is 55.8 Å². The molecule has 0 spiro atoms. The zero-order valence-corrected chi connectivity index (χ0v) is 9.54. The van der Waals surface area contributed by atoms with Gasteiger partial charge in [0.15, 0.2) is 0 Å². The summed E-state index contributed by atoms with van der Waals surface area (Å²) < 4.78 is 5.59. The van der Waals surface area contributed by atoms with E-state index >= 15 is 0 Å². The molecule has 4 nitrogen and oxygen atoms in total. The van der Waals surface area contributed by atoms with E-state index in [1.54, 1.807) is 0 Å². The molecule has 16 heavy (non-hydrogen) atoms. The SMILES string of the molecule is c1oc(C2CCCN2)nc1C1CCCCN1. The Morgan fingerprint density at radius 2 is 1.88 bits per heavy atom. The zero-order valence-electron chi connectivity index (χ0n) is 9.54. The summed E-state index contributed by atoms with van der Waals surface area (Å²) in [4.78, 5) is 4.62. The van der Waals surface area contributed by atoms with Crippen molar-refractivity contribution < 1.29 is 4.42 Å². The van der Waals surface area contributed by atoms with Gasteiger partial charge in [0.05, 0.1) is 17.8 Å². The number of aromatic nitrogens is 1. The predicted molar refractivity (Wildman–Crippen MR) is 61.1 cm³/mol. The van der Waals surface area contributed by atoms with Crippen molar-refractivity contribution in [3.63, 3.8) is 0 Å². The van der Waals surface area contributed by atoms with Gasteiger partial charge in [0, 0.05) is 0 Å². The Balaban J connectivity index is 1.71. The van der Waals surface area contributed by atoms with Gasteiger partial charge in [-0.2, -0.15) is 0 Å². The number of hydrogen-bond acceptors (Lipinski definition) is 4. The van der Waals surface area contributed by atoms with Crippen LogP contribution in [0.2, 0.25) is 0 Å². The molecule has 2 unspecified atom stereocenters. The monoisotopic (exact) mass is 221 g/mol. The van der Waals surface area contributed by atoms with Crippen LogP contribution in [0.25, 0.3) is 0 Å². The molecule has 4 heteroatoms. The van der Waals surface area contributed by atoms with Crippen molar-refractivity contribution in [2.75, 3.05) is 13.1 Å². The van der Waals surface area contributed by atoms with Crippen LogP contribution in [-0.2, 0) is 0 Å². The van der Waals surface area contributed by atoms with E-state index in [0.717, 1.165) is 31.1 Å². The van der Waals surface area contributed by atoms with E-state index in [0.29, 0.717) is 12.1 Å². The van der Waals surface area contributed by atoms with Gasteiger partial charge in [0.1, 0.15) is 6.26 Å². The number of nitrogens with zero attached hydrogens (tertiary/aromatic N) is 1. The van der Waals surface area contributed by atoms with Gasteiger partial charge in [0.2, 0.25) is 5.89 Å². The molecule has 2 saturated heterocycles. The normalized spacial score (nSPS) is 30.8. The second-order valence-electron chi connectivity index (χ2n) is 4.76. The zero-order chi connectivity index (χ0) is 10.8. The van der Waals surface area contributed by atoms with Crippen molar-refractivity contribution in [1.29, 1.82) is 0 Å². The minimum Gasteiger partial charge on any atom is -0.447 e. The Kier molecular flexibility index (Phi) is 2.93. The fourth-order valence-electron chi connectivity index (χ4n) is 2.62. The molecule has 0 amide bonds. The van der Waals surface area contributed by atoms with Gasteiger partial charge >= 0.3 is 0 Å². The summed E-state index contributed by atoms with van der Waals surface area (Å²) in [5, 5.41) is 6.91. The van der Waals surface area contributed by atoms with Crippen LogP contribution in [0.4, 0.5) is 0 Å². The maximum Gasteiger partial charge on any atom is 0.211 e. The van der Waals surface area contributed by atoms with Gasteiger partial charge < -0.3 is 15.1 Å². The molecule has 2 fully saturated rings. The highest BCUT2D eigenvalue weighted by Crippen LogP contribution is 2.26. The Morgan fingerprint density at radius 3 is 2.62 bits per heavy atom. The number of oxazole rings is 1. The lowest BCUT2D eigenvalue weighted by atomic mass is 10.0. The average Bonchev–Trinajstić information content (AvgIpc) is 3.01. The second kappa shape index (κ2) is 4.55. The van der Waals surface area contributed by atoms with E-state index in [1.807, 2.05) is 6.26 Å². The maximum atomic E-state index is 5.59. The van der Waals surface area contributed by atoms with Crippen molar-refractivity contribution in [3.05, 3.63) is 17.8 Å². The van der Waals surface area contributed by atoms with Crippen molar-refractivity contribution >= 4 is 0 Å². The molecule has 2 aliphatic heterocycles. The van der Waals surface area contributed by atoms with Crippen molar-refractivity contribution in [2.24, 2.45) is 0 Å². The van der Waals surface area contributed by atoms with Crippen LogP contribution < -0.4 is 10.6 Å². The first-order chi connectivity index (χ1) is 7.93. The lowest BCUT2D eigenvalue weighted by Crippen LogP contribution is -2.27. The Morgan fingerprint density at radius 1 is 1.06 bits per heavy atom. The summed E-state index contributed by atoms with van der Waals surface area (Å²) >= 11 is 0. The fraction of sp³-hybridized carbons (Fsp3) is 0.750. The third kappa shape index (κ3) is 1.99. The van der Waals surface area contributed by atoms with E-state index in [4.69, 9.17) is 4.42 Å². The molecule has 2 aliphatic rings. The summed E-state index contributed by atoms with van der Waals surface area (Å²) in [5.41, 5.74) is 1.09. The third-order valence-corrected chi connectivity index (χ3v) is 3.57. The smallest absolute Gasteiger partial charge is 0.211 e. The molecule has 0 radical (unpaired) electrons. The molecule has 3 heterocycles. The van der Waals surface area contributed by atoms with Gasteiger partial charge in [-0.05, 0) is 38.8 Å². The summed E-state index contributed by atoms with van der Waals surface area (Å²) in [6, 6.07) is 0.755.